The van der Waals surface area contributed by atoms with Crippen LogP contribution in [0.2, 0.25) is 0 Å². The molecule has 3 rings (SSSR count). The maximum Gasteiger partial charge on any atom is 0.208 e. The average Bonchev–Trinajstić information content (AvgIpc) is 2.90. The molecular formula is C18H23ClFN3O2S. The van der Waals surface area contributed by atoms with Gasteiger partial charge in [0, 0.05) is 32.4 Å². The summed E-state index contributed by atoms with van der Waals surface area (Å²) in [6.07, 6.45) is 1.04. The van der Waals surface area contributed by atoms with Crippen LogP contribution in [0.15, 0.2) is 52.3 Å². The lowest BCUT2D eigenvalue weighted by Crippen LogP contribution is -2.27. The highest BCUT2D eigenvalue weighted by Gasteiger charge is 2.23. The molecule has 0 atom stereocenters. The van der Waals surface area contributed by atoms with Crippen LogP contribution in [0, 0.1) is 5.82 Å². The molecule has 1 fully saturated rings. The normalized spacial score (nSPS) is 15.1. The summed E-state index contributed by atoms with van der Waals surface area (Å²) in [5.74, 6) is -0.569. The van der Waals surface area contributed by atoms with Gasteiger partial charge in [-0.15, -0.1) is 12.4 Å². The lowest BCUT2D eigenvalue weighted by atomic mass is 10.2. The summed E-state index contributed by atoms with van der Waals surface area (Å²) in [7, 11) is -2.10. The molecule has 0 radical (unpaired) electrons. The van der Waals surface area contributed by atoms with Gasteiger partial charge in [-0.1, -0.05) is 6.07 Å². The van der Waals surface area contributed by atoms with E-state index < -0.39 is 15.7 Å². The van der Waals surface area contributed by atoms with Gasteiger partial charge in [-0.25, -0.2) is 12.8 Å². The Morgan fingerprint density at radius 1 is 1.12 bits per heavy atom. The second-order valence-electron chi connectivity index (χ2n) is 5.98. The molecule has 1 aliphatic rings. The third-order valence-electron chi connectivity index (χ3n) is 4.33. The van der Waals surface area contributed by atoms with Crippen LogP contribution in [0.4, 0.5) is 15.8 Å². The first-order valence-electron chi connectivity index (χ1n) is 8.30. The minimum Gasteiger partial charge on any atom is -0.387 e. The predicted octanol–water partition coefficient (Wildman–Crippen LogP) is 2.92. The van der Waals surface area contributed by atoms with E-state index in [9.17, 15) is 12.8 Å². The van der Waals surface area contributed by atoms with E-state index in [2.05, 4.69) is 15.5 Å². The van der Waals surface area contributed by atoms with Gasteiger partial charge in [0.2, 0.25) is 9.84 Å². The first-order valence-corrected chi connectivity index (χ1v) is 9.79. The van der Waals surface area contributed by atoms with E-state index in [0.29, 0.717) is 5.69 Å². The molecule has 142 valence electrons. The number of sulfone groups is 1. The summed E-state index contributed by atoms with van der Waals surface area (Å²) in [4.78, 5) is 2.34. The quantitative estimate of drug-likeness (QED) is 0.827. The number of rotatable bonds is 4. The van der Waals surface area contributed by atoms with E-state index in [0.717, 1.165) is 44.4 Å². The van der Waals surface area contributed by atoms with E-state index in [4.69, 9.17) is 0 Å². The minimum atomic E-state index is -3.79. The van der Waals surface area contributed by atoms with Crippen molar-refractivity contribution in [3.05, 3.63) is 48.3 Å². The Morgan fingerprint density at radius 2 is 1.92 bits per heavy atom. The van der Waals surface area contributed by atoms with Gasteiger partial charge in [0.25, 0.3) is 0 Å². The zero-order valence-electron chi connectivity index (χ0n) is 14.5. The molecule has 5 nitrogen and oxygen atoms in total. The fraction of sp³-hybridized carbons (Fsp3) is 0.333. The van der Waals surface area contributed by atoms with E-state index in [-0.39, 0.29) is 22.2 Å². The van der Waals surface area contributed by atoms with Crippen molar-refractivity contribution in [3.63, 3.8) is 0 Å². The van der Waals surface area contributed by atoms with Crippen molar-refractivity contribution in [3.8, 4) is 0 Å². The van der Waals surface area contributed by atoms with Gasteiger partial charge < -0.3 is 15.5 Å². The molecular weight excluding hydrogens is 377 g/mol. The second-order valence-corrected chi connectivity index (χ2v) is 7.90. The molecule has 26 heavy (non-hydrogen) atoms. The van der Waals surface area contributed by atoms with Crippen LogP contribution in [0.5, 0.6) is 0 Å². The number of benzene rings is 2. The van der Waals surface area contributed by atoms with Crippen molar-refractivity contribution in [2.75, 3.05) is 43.4 Å². The summed E-state index contributed by atoms with van der Waals surface area (Å²) >= 11 is 0. The molecule has 8 heteroatoms. The predicted molar refractivity (Wildman–Crippen MR) is 105 cm³/mol. The van der Waals surface area contributed by atoms with Crippen molar-refractivity contribution in [2.45, 2.75) is 16.2 Å². The van der Waals surface area contributed by atoms with E-state index in [1.165, 1.54) is 18.2 Å². The van der Waals surface area contributed by atoms with Gasteiger partial charge in [-0.05, 0) is 49.4 Å². The molecule has 1 saturated heterocycles. The Bertz CT molecular complexity index is 853. The van der Waals surface area contributed by atoms with E-state index in [1.54, 1.807) is 13.1 Å². The maximum atomic E-state index is 13.4. The van der Waals surface area contributed by atoms with Gasteiger partial charge in [-0.3, -0.25) is 0 Å². The average molecular weight is 400 g/mol. The van der Waals surface area contributed by atoms with Crippen LogP contribution in [-0.2, 0) is 9.84 Å². The monoisotopic (exact) mass is 399 g/mol. The number of hydrogen-bond donors (Lipinski definition) is 2. The molecule has 2 aromatic rings. The summed E-state index contributed by atoms with van der Waals surface area (Å²) in [5.41, 5.74) is 1.49. The molecule has 0 bridgehead atoms. The molecule has 0 aromatic heterocycles. The third-order valence-corrected chi connectivity index (χ3v) is 6.14. The zero-order chi connectivity index (χ0) is 17.9. The second kappa shape index (κ2) is 8.70. The molecule has 0 amide bonds. The summed E-state index contributed by atoms with van der Waals surface area (Å²) in [6.45, 7) is 3.69. The smallest absolute Gasteiger partial charge is 0.208 e. The molecule has 2 N–H and O–H groups in total. The molecule has 2 aromatic carbocycles. The van der Waals surface area contributed by atoms with Crippen molar-refractivity contribution in [1.29, 1.82) is 0 Å². The molecule has 0 spiro atoms. The number of halogens is 2. The number of hydrogen-bond acceptors (Lipinski definition) is 5. The van der Waals surface area contributed by atoms with Crippen LogP contribution in [0.3, 0.4) is 0 Å². The SMILES string of the molecule is CNc1cc(N2CCCNCC2)ccc1S(=O)(=O)c1cccc(F)c1.Cl. The van der Waals surface area contributed by atoms with Gasteiger partial charge in [0.15, 0.2) is 0 Å². The van der Waals surface area contributed by atoms with Gasteiger partial charge >= 0.3 is 0 Å². The minimum absolute atomic E-state index is 0. The van der Waals surface area contributed by atoms with Gasteiger partial charge in [0.1, 0.15) is 5.82 Å². The summed E-state index contributed by atoms with van der Waals surface area (Å²) < 4.78 is 39.2. The number of nitrogens with zero attached hydrogens (tertiary/aromatic N) is 1. The van der Waals surface area contributed by atoms with Crippen molar-refractivity contribution in [2.24, 2.45) is 0 Å². The molecule has 1 aliphatic heterocycles. The number of anilines is 2. The summed E-state index contributed by atoms with van der Waals surface area (Å²) in [6, 6.07) is 10.3. The first-order chi connectivity index (χ1) is 12.0. The van der Waals surface area contributed by atoms with Gasteiger partial charge in [0.05, 0.1) is 15.5 Å². The number of nitrogens with one attached hydrogen (secondary N) is 2. The van der Waals surface area contributed by atoms with Crippen LogP contribution in [0.25, 0.3) is 0 Å². The third kappa shape index (κ3) is 4.28. The molecule has 0 saturated carbocycles. The summed E-state index contributed by atoms with van der Waals surface area (Å²) in [5, 5.41) is 6.32. The van der Waals surface area contributed by atoms with Crippen LogP contribution in [0.1, 0.15) is 6.42 Å². The highest BCUT2D eigenvalue weighted by atomic mass is 35.5. The standard InChI is InChI=1S/C18H22FN3O2S.ClH/c1-20-17-13-15(22-10-3-8-21-9-11-22)6-7-18(17)25(23,24)16-5-2-4-14(19)12-16;/h2,4-7,12-13,20-21H,3,8-11H2,1H3;1H. The highest BCUT2D eigenvalue weighted by molar-refractivity contribution is 7.91. The largest absolute Gasteiger partial charge is 0.387 e. The van der Waals surface area contributed by atoms with Gasteiger partial charge in [-0.2, -0.15) is 0 Å². The fourth-order valence-corrected chi connectivity index (χ4v) is 4.49. The van der Waals surface area contributed by atoms with E-state index >= 15 is 0 Å². The van der Waals surface area contributed by atoms with E-state index in [1.807, 2.05) is 12.1 Å². The molecule has 1 heterocycles. The van der Waals surface area contributed by atoms with Crippen molar-refractivity contribution < 1.29 is 12.8 Å². The first kappa shape index (κ1) is 20.5. The van der Waals surface area contributed by atoms with Crippen LogP contribution < -0.4 is 15.5 Å². The maximum absolute atomic E-state index is 13.4. The topological polar surface area (TPSA) is 61.4 Å². The molecule has 0 aliphatic carbocycles. The van der Waals surface area contributed by atoms with Crippen molar-refractivity contribution >= 4 is 33.6 Å². The van der Waals surface area contributed by atoms with Crippen molar-refractivity contribution in [1.82, 2.24) is 5.32 Å². The Hall–Kier alpha value is -1.83. The molecule has 0 unspecified atom stereocenters. The zero-order valence-corrected chi connectivity index (χ0v) is 16.2. The fourth-order valence-electron chi connectivity index (χ4n) is 3.01. The highest BCUT2D eigenvalue weighted by Crippen LogP contribution is 2.31. The Kier molecular flexibility index (Phi) is 6.86. The lowest BCUT2D eigenvalue weighted by Gasteiger charge is -2.23. The Labute approximate surface area is 159 Å². The Balaban J connectivity index is 0.00000243. The lowest BCUT2D eigenvalue weighted by molar-refractivity contribution is 0.591. The van der Waals surface area contributed by atoms with Crippen LogP contribution >= 0.6 is 12.4 Å². The van der Waals surface area contributed by atoms with Crippen LogP contribution in [-0.4, -0.2) is 41.6 Å². The Morgan fingerprint density at radius 3 is 2.65 bits per heavy atom.